The highest BCUT2D eigenvalue weighted by atomic mass is 32.1. The largest absolute Gasteiger partial charge is 0.352 e. The maximum Gasteiger partial charge on any atom is 0.191 e. The van der Waals surface area contributed by atoms with Crippen LogP contribution in [0.1, 0.15) is 40.3 Å². The Morgan fingerprint density at radius 2 is 1.77 bits per heavy atom. The van der Waals surface area contributed by atoms with Crippen molar-refractivity contribution in [3.05, 3.63) is 51.5 Å². The van der Waals surface area contributed by atoms with Crippen LogP contribution in [-0.2, 0) is 19.6 Å². The van der Waals surface area contributed by atoms with Gasteiger partial charge in [0, 0.05) is 31.2 Å². The van der Waals surface area contributed by atoms with Gasteiger partial charge in [-0.05, 0) is 44.0 Å². The van der Waals surface area contributed by atoms with Gasteiger partial charge in [-0.2, -0.15) is 0 Å². The molecule has 2 aromatic rings. The Hall–Kier alpha value is -1.92. The van der Waals surface area contributed by atoms with Crippen LogP contribution in [0.4, 0.5) is 0 Å². The van der Waals surface area contributed by atoms with Gasteiger partial charge in [-0.3, -0.25) is 9.89 Å². The van der Waals surface area contributed by atoms with E-state index in [1.165, 1.54) is 48.4 Å². The number of thiazole rings is 1. The van der Waals surface area contributed by atoms with Gasteiger partial charge in [0.2, 0.25) is 0 Å². The minimum Gasteiger partial charge on any atom is -0.352 e. The number of hydrogen-bond donors (Lipinski definition) is 2. The Labute approximate surface area is 160 Å². The Balaban J connectivity index is 1.44. The Morgan fingerprint density at radius 3 is 2.42 bits per heavy atom. The zero-order valence-corrected chi connectivity index (χ0v) is 16.6. The SMILES string of the molecule is CN=C(NCc1ccc(CN2CCCCC2)cc1)NCc1ncc(C)s1. The number of hydrogen-bond acceptors (Lipinski definition) is 4. The number of likely N-dealkylation sites (tertiary alicyclic amines) is 1. The molecule has 3 rings (SSSR count). The minimum atomic E-state index is 0.701. The van der Waals surface area contributed by atoms with Crippen LogP contribution in [0.15, 0.2) is 35.5 Å². The fraction of sp³-hybridized carbons (Fsp3) is 0.500. The predicted molar refractivity (Wildman–Crippen MR) is 109 cm³/mol. The maximum atomic E-state index is 4.37. The van der Waals surface area contributed by atoms with E-state index in [-0.39, 0.29) is 0 Å². The van der Waals surface area contributed by atoms with Crippen molar-refractivity contribution in [2.75, 3.05) is 20.1 Å². The van der Waals surface area contributed by atoms with E-state index in [4.69, 9.17) is 0 Å². The third-order valence-electron chi connectivity index (χ3n) is 4.64. The smallest absolute Gasteiger partial charge is 0.191 e. The highest BCUT2D eigenvalue weighted by Gasteiger charge is 2.10. The average Bonchev–Trinajstić information content (AvgIpc) is 3.09. The molecule has 1 aliphatic heterocycles. The molecule has 0 spiro atoms. The van der Waals surface area contributed by atoms with Gasteiger partial charge in [0.15, 0.2) is 5.96 Å². The van der Waals surface area contributed by atoms with Gasteiger partial charge in [0.25, 0.3) is 0 Å². The molecule has 0 saturated carbocycles. The number of aromatic nitrogens is 1. The van der Waals surface area contributed by atoms with Crippen LogP contribution in [-0.4, -0.2) is 36.0 Å². The second-order valence-electron chi connectivity index (χ2n) is 6.80. The lowest BCUT2D eigenvalue weighted by molar-refractivity contribution is 0.221. The molecule has 140 valence electrons. The van der Waals surface area contributed by atoms with Crippen molar-refractivity contribution in [1.82, 2.24) is 20.5 Å². The molecule has 0 radical (unpaired) electrons. The van der Waals surface area contributed by atoms with Gasteiger partial charge < -0.3 is 10.6 Å². The molecule has 0 amide bonds. The number of piperidine rings is 1. The van der Waals surface area contributed by atoms with Crippen LogP contribution < -0.4 is 10.6 Å². The summed E-state index contributed by atoms with van der Waals surface area (Å²) in [6, 6.07) is 8.92. The molecule has 26 heavy (non-hydrogen) atoms. The van der Waals surface area contributed by atoms with E-state index in [9.17, 15) is 0 Å². The topological polar surface area (TPSA) is 52.6 Å². The summed E-state index contributed by atoms with van der Waals surface area (Å²) in [6.45, 7) is 7.09. The third kappa shape index (κ3) is 5.81. The molecule has 1 aliphatic rings. The van der Waals surface area contributed by atoms with Crippen molar-refractivity contribution in [2.24, 2.45) is 4.99 Å². The summed E-state index contributed by atoms with van der Waals surface area (Å²) in [5, 5.41) is 7.76. The van der Waals surface area contributed by atoms with Crippen LogP contribution in [0.25, 0.3) is 0 Å². The van der Waals surface area contributed by atoms with Gasteiger partial charge in [-0.25, -0.2) is 4.98 Å². The molecule has 1 aromatic heterocycles. The van der Waals surface area contributed by atoms with Crippen LogP contribution in [0, 0.1) is 6.92 Å². The van der Waals surface area contributed by atoms with Crippen LogP contribution in [0.5, 0.6) is 0 Å². The monoisotopic (exact) mass is 371 g/mol. The number of benzene rings is 1. The van der Waals surface area contributed by atoms with Gasteiger partial charge in [-0.1, -0.05) is 30.7 Å². The molecule has 0 atom stereocenters. The summed E-state index contributed by atoms with van der Waals surface area (Å²) in [6.07, 6.45) is 5.98. The summed E-state index contributed by atoms with van der Waals surface area (Å²) in [5.74, 6) is 0.801. The van der Waals surface area contributed by atoms with E-state index in [2.05, 4.69) is 56.7 Å². The van der Waals surface area contributed by atoms with Crippen molar-refractivity contribution in [2.45, 2.75) is 45.8 Å². The lowest BCUT2D eigenvalue weighted by Gasteiger charge is -2.26. The van der Waals surface area contributed by atoms with Gasteiger partial charge in [0.1, 0.15) is 5.01 Å². The first-order valence-corrected chi connectivity index (χ1v) is 10.2. The second kappa shape index (κ2) is 9.69. The van der Waals surface area contributed by atoms with Gasteiger partial charge in [-0.15, -0.1) is 11.3 Å². The number of nitrogens with zero attached hydrogens (tertiary/aromatic N) is 3. The summed E-state index contributed by atoms with van der Waals surface area (Å²) in [5.41, 5.74) is 2.66. The first-order chi connectivity index (χ1) is 12.7. The molecular formula is C20H29N5S. The fourth-order valence-electron chi connectivity index (χ4n) is 3.19. The number of nitrogens with one attached hydrogen (secondary N) is 2. The quantitative estimate of drug-likeness (QED) is 0.604. The first kappa shape index (κ1) is 18.9. The summed E-state index contributed by atoms with van der Waals surface area (Å²) in [4.78, 5) is 12.4. The number of aliphatic imine (C=N–C) groups is 1. The highest BCUT2D eigenvalue weighted by Crippen LogP contribution is 2.14. The third-order valence-corrected chi connectivity index (χ3v) is 5.55. The lowest BCUT2D eigenvalue weighted by atomic mass is 10.1. The number of aryl methyl sites for hydroxylation is 1. The van der Waals surface area contributed by atoms with Crippen LogP contribution in [0.3, 0.4) is 0 Å². The van der Waals surface area contributed by atoms with Crippen molar-refractivity contribution in [3.63, 3.8) is 0 Å². The summed E-state index contributed by atoms with van der Waals surface area (Å²) < 4.78 is 0. The first-order valence-electron chi connectivity index (χ1n) is 9.39. The molecule has 1 aromatic carbocycles. The standard InChI is InChI=1S/C20H29N5S/c1-16-12-22-19(26-16)14-24-20(21-2)23-13-17-6-8-18(9-7-17)15-25-10-4-3-5-11-25/h6-9,12H,3-5,10-11,13-15H2,1-2H3,(H2,21,23,24). The molecule has 6 heteroatoms. The van der Waals surface area contributed by atoms with Gasteiger partial charge in [0.05, 0.1) is 6.54 Å². The molecule has 5 nitrogen and oxygen atoms in total. The normalized spacial score (nSPS) is 15.8. The van der Waals surface area contributed by atoms with E-state index >= 15 is 0 Å². The molecule has 1 fully saturated rings. The summed E-state index contributed by atoms with van der Waals surface area (Å²) in [7, 11) is 1.80. The number of guanidine groups is 1. The van der Waals surface area contributed by atoms with E-state index in [0.717, 1.165) is 24.1 Å². The molecule has 1 saturated heterocycles. The zero-order chi connectivity index (χ0) is 18.2. The highest BCUT2D eigenvalue weighted by molar-refractivity contribution is 7.11. The molecule has 0 unspecified atom stereocenters. The summed E-state index contributed by atoms with van der Waals surface area (Å²) >= 11 is 1.71. The van der Waals surface area contributed by atoms with Crippen molar-refractivity contribution >= 4 is 17.3 Å². The average molecular weight is 372 g/mol. The lowest BCUT2D eigenvalue weighted by Crippen LogP contribution is -2.36. The number of rotatable bonds is 6. The molecule has 2 heterocycles. The van der Waals surface area contributed by atoms with E-state index in [0.29, 0.717) is 6.54 Å². The van der Waals surface area contributed by atoms with Crippen LogP contribution >= 0.6 is 11.3 Å². The van der Waals surface area contributed by atoms with E-state index in [1.807, 2.05) is 6.20 Å². The van der Waals surface area contributed by atoms with Crippen LogP contribution in [0.2, 0.25) is 0 Å². The zero-order valence-electron chi connectivity index (χ0n) is 15.8. The van der Waals surface area contributed by atoms with Crippen molar-refractivity contribution < 1.29 is 0 Å². The Kier molecular flexibility index (Phi) is 7.03. The predicted octanol–water partition coefficient (Wildman–Crippen LogP) is 3.30. The molecule has 2 N–H and O–H groups in total. The second-order valence-corrected chi connectivity index (χ2v) is 8.12. The van der Waals surface area contributed by atoms with Crippen molar-refractivity contribution in [3.8, 4) is 0 Å². The maximum absolute atomic E-state index is 4.37. The van der Waals surface area contributed by atoms with E-state index in [1.54, 1.807) is 18.4 Å². The van der Waals surface area contributed by atoms with Gasteiger partial charge >= 0.3 is 0 Å². The molecule has 0 bridgehead atoms. The van der Waals surface area contributed by atoms with E-state index < -0.39 is 0 Å². The Bertz CT molecular complexity index is 701. The fourth-order valence-corrected chi connectivity index (χ4v) is 3.91. The molecular weight excluding hydrogens is 342 g/mol. The molecule has 0 aliphatic carbocycles. The van der Waals surface area contributed by atoms with Crippen molar-refractivity contribution in [1.29, 1.82) is 0 Å². The Morgan fingerprint density at radius 1 is 1.08 bits per heavy atom. The minimum absolute atomic E-state index is 0.701.